The minimum Gasteiger partial charge on any atom is -0.371 e. The van der Waals surface area contributed by atoms with Crippen molar-refractivity contribution in [2.45, 2.75) is 25.6 Å². The Bertz CT molecular complexity index is 141. The van der Waals surface area contributed by atoms with E-state index in [1.165, 1.54) is 0 Å². The van der Waals surface area contributed by atoms with Gasteiger partial charge in [0.1, 0.15) is 6.61 Å². The van der Waals surface area contributed by atoms with E-state index in [0.717, 1.165) is 12.2 Å². The van der Waals surface area contributed by atoms with Crippen molar-refractivity contribution in [2.75, 3.05) is 24.7 Å². The summed E-state index contributed by atoms with van der Waals surface area (Å²) < 4.78 is 39.2. The maximum Gasteiger partial charge on any atom is 0.411 e. The molecule has 2 N–H and O–H groups in total. The van der Waals surface area contributed by atoms with Crippen molar-refractivity contribution in [1.82, 2.24) is 0 Å². The smallest absolute Gasteiger partial charge is 0.371 e. The number of hydrogen-bond acceptors (Lipinski definition) is 3. The number of halogens is 3. The normalized spacial score (nSPS) is 14.4. The summed E-state index contributed by atoms with van der Waals surface area (Å²) in [7, 11) is 0. The van der Waals surface area contributed by atoms with Crippen LogP contribution in [0.5, 0.6) is 0 Å². The zero-order valence-electron chi connectivity index (χ0n) is 8.14. The lowest BCUT2D eigenvalue weighted by atomic mass is 10.3. The van der Waals surface area contributed by atoms with Crippen LogP contribution in [0, 0.1) is 0 Å². The Labute approximate surface area is 86.4 Å². The molecule has 0 aromatic rings. The van der Waals surface area contributed by atoms with E-state index >= 15 is 0 Å². The van der Waals surface area contributed by atoms with Crippen LogP contribution < -0.4 is 5.73 Å². The van der Waals surface area contributed by atoms with Crippen LogP contribution in [0.25, 0.3) is 0 Å². The van der Waals surface area contributed by atoms with Crippen LogP contribution in [-0.4, -0.2) is 36.9 Å². The van der Waals surface area contributed by atoms with Crippen LogP contribution in [0.2, 0.25) is 0 Å². The molecule has 0 radical (unpaired) electrons. The summed E-state index contributed by atoms with van der Waals surface area (Å²) in [4.78, 5) is 0. The van der Waals surface area contributed by atoms with Crippen LogP contribution in [0.4, 0.5) is 13.2 Å². The molecule has 0 aliphatic heterocycles. The van der Waals surface area contributed by atoms with Gasteiger partial charge in [-0.25, -0.2) is 0 Å². The molecule has 0 aromatic carbocycles. The fourth-order valence-corrected chi connectivity index (χ4v) is 1.66. The van der Waals surface area contributed by atoms with Gasteiger partial charge in [-0.05, 0) is 19.1 Å². The van der Waals surface area contributed by atoms with Gasteiger partial charge in [0, 0.05) is 11.8 Å². The van der Waals surface area contributed by atoms with Crippen molar-refractivity contribution in [3.63, 3.8) is 0 Å². The Morgan fingerprint density at radius 2 is 2.00 bits per heavy atom. The molecule has 0 aromatic heterocycles. The summed E-state index contributed by atoms with van der Waals surface area (Å²) in [5.41, 5.74) is 5.50. The average Bonchev–Trinajstić information content (AvgIpc) is 2.00. The van der Waals surface area contributed by atoms with E-state index in [4.69, 9.17) is 5.73 Å². The first-order valence-corrected chi connectivity index (χ1v) is 5.55. The van der Waals surface area contributed by atoms with Crippen molar-refractivity contribution < 1.29 is 17.9 Å². The predicted molar refractivity (Wildman–Crippen MR) is 52.5 cm³/mol. The van der Waals surface area contributed by atoms with E-state index in [0.29, 0.717) is 5.75 Å². The first-order chi connectivity index (χ1) is 6.42. The van der Waals surface area contributed by atoms with Gasteiger partial charge in [-0.3, -0.25) is 0 Å². The van der Waals surface area contributed by atoms with Crippen molar-refractivity contribution in [3.8, 4) is 0 Å². The van der Waals surface area contributed by atoms with E-state index in [-0.39, 0.29) is 12.6 Å². The Balaban J connectivity index is 3.07. The van der Waals surface area contributed by atoms with E-state index < -0.39 is 12.8 Å². The predicted octanol–water partition coefficient (Wildman–Crippen LogP) is 2.04. The minimum absolute atomic E-state index is 0.142. The summed E-state index contributed by atoms with van der Waals surface area (Å²) in [5.74, 6) is 1.45. The largest absolute Gasteiger partial charge is 0.411 e. The van der Waals surface area contributed by atoms with Gasteiger partial charge in [0.15, 0.2) is 0 Å². The molecule has 2 nitrogen and oxygen atoms in total. The lowest BCUT2D eigenvalue weighted by Crippen LogP contribution is -2.18. The molecule has 0 fully saturated rings. The van der Waals surface area contributed by atoms with Gasteiger partial charge in [-0.2, -0.15) is 24.9 Å². The van der Waals surface area contributed by atoms with Gasteiger partial charge < -0.3 is 10.5 Å². The van der Waals surface area contributed by atoms with Crippen molar-refractivity contribution in [2.24, 2.45) is 5.73 Å². The number of alkyl halides is 3. The number of nitrogens with two attached hydrogens (primary N) is 1. The van der Waals surface area contributed by atoms with Gasteiger partial charge in [0.05, 0.1) is 6.61 Å². The number of thioether (sulfide) groups is 1. The van der Waals surface area contributed by atoms with E-state index in [1.54, 1.807) is 11.8 Å². The second-order valence-corrected chi connectivity index (χ2v) is 4.27. The molecule has 0 saturated carbocycles. The van der Waals surface area contributed by atoms with Crippen LogP contribution in [-0.2, 0) is 4.74 Å². The molecule has 6 heteroatoms. The van der Waals surface area contributed by atoms with Gasteiger partial charge in [0.2, 0.25) is 0 Å². The Kier molecular flexibility index (Phi) is 7.40. The van der Waals surface area contributed by atoms with Crippen molar-refractivity contribution in [1.29, 1.82) is 0 Å². The zero-order chi connectivity index (χ0) is 11.0. The van der Waals surface area contributed by atoms with Gasteiger partial charge in [0.25, 0.3) is 0 Å². The summed E-state index contributed by atoms with van der Waals surface area (Å²) >= 11 is 1.56. The van der Waals surface area contributed by atoms with E-state index in [1.807, 2.05) is 6.92 Å². The standard InChI is InChI=1S/C8H16F3NOS/c1-7(12)2-4-14-5-3-13-6-8(9,10)11/h7H,2-6,12H2,1H3. The Morgan fingerprint density at radius 3 is 2.50 bits per heavy atom. The molecule has 0 saturated heterocycles. The lowest BCUT2D eigenvalue weighted by molar-refractivity contribution is -0.172. The molecule has 14 heavy (non-hydrogen) atoms. The topological polar surface area (TPSA) is 35.2 Å². The highest BCUT2D eigenvalue weighted by atomic mass is 32.2. The maximum absolute atomic E-state index is 11.6. The van der Waals surface area contributed by atoms with Gasteiger partial charge in [-0.1, -0.05) is 0 Å². The summed E-state index contributed by atoms with van der Waals surface area (Å²) in [6.07, 6.45) is -3.33. The van der Waals surface area contributed by atoms with Crippen LogP contribution in [0.3, 0.4) is 0 Å². The number of hydrogen-bond donors (Lipinski definition) is 1. The number of rotatable bonds is 7. The molecule has 0 rings (SSSR count). The van der Waals surface area contributed by atoms with Crippen LogP contribution >= 0.6 is 11.8 Å². The third kappa shape index (κ3) is 12.1. The summed E-state index contributed by atoms with van der Waals surface area (Å²) in [6.45, 7) is 0.894. The molecule has 0 aliphatic rings. The highest BCUT2D eigenvalue weighted by Gasteiger charge is 2.27. The van der Waals surface area contributed by atoms with Gasteiger partial charge in [-0.15, -0.1) is 0 Å². The second kappa shape index (κ2) is 7.36. The van der Waals surface area contributed by atoms with Crippen LogP contribution in [0.1, 0.15) is 13.3 Å². The monoisotopic (exact) mass is 231 g/mol. The molecular weight excluding hydrogens is 215 g/mol. The lowest BCUT2D eigenvalue weighted by Gasteiger charge is -2.07. The molecule has 0 heterocycles. The first-order valence-electron chi connectivity index (χ1n) is 4.39. The highest BCUT2D eigenvalue weighted by molar-refractivity contribution is 7.99. The molecule has 86 valence electrons. The minimum atomic E-state index is -4.21. The fourth-order valence-electron chi connectivity index (χ4n) is 0.677. The molecule has 0 bridgehead atoms. The van der Waals surface area contributed by atoms with Gasteiger partial charge >= 0.3 is 6.18 Å². The third-order valence-electron chi connectivity index (χ3n) is 1.36. The molecule has 0 aliphatic carbocycles. The quantitative estimate of drug-likeness (QED) is 0.681. The Hall–Kier alpha value is 0.0600. The summed E-state index contributed by atoms with van der Waals surface area (Å²) in [6, 6.07) is 0.151. The molecule has 1 atom stereocenters. The van der Waals surface area contributed by atoms with Crippen molar-refractivity contribution in [3.05, 3.63) is 0 Å². The summed E-state index contributed by atoms with van der Waals surface area (Å²) in [5, 5.41) is 0. The Morgan fingerprint density at radius 1 is 1.36 bits per heavy atom. The zero-order valence-corrected chi connectivity index (χ0v) is 8.96. The van der Waals surface area contributed by atoms with E-state index in [9.17, 15) is 13.2 Å². The average molecular weight is 231 g/mol. The fraction of sp³-hybridized carbons (Fsp3) is 1.00. The van der Waals surface area contributed by atoms with Crippen molar-refractivity contribution >= 4 is 11.8 Å². The number of ether oxygens (including phenoxy) is 1. The SMILES string of the molecule is CC(N)CCSCCOCC(F)(F)F. The maximum atomic E-state index is 11.6. The molecule has 1 unspecified atom stereocenters. The van der Waals surface area contributed by atoms with E-state index in [2.05, 4.69) is 4.74 Å². The second-order valence-electron chi connectivity index (χ2n) is 3.05. The molecule has 0 spiro atoms. The molecule has 0 amide bonds. The highest BCUT2D eigenvalue weighted by Crippen LogP contribution is 2.14. The molecular formula is C8H16F3NOS. The van der Waals surface area contributed by atoms with Crippen LogP contribution in [0.15, 0.2) is 0 Å². The first kappa shape index (κ1) is 14.1. The third-order valence-corrected chi connectivity index (χ3v) is 2.33.